The monoisotopic (exact) mass is 821 g/mol. The molecule has 0 aromatic heterocycles. The summed E-state index contributed by atoms with van der Waals surface area (Å²) in [5, 5.41) is 0. The van der Waals surface area contributed by atoms with Crippen LogP contribution < -0.4 is 27.1 Å². The topological polar surface area (TPSA) is 114 Å². The number of para-hydroxylation sites is 6. The van der Waals surface area contributed by atoms with Gasteiger partial charge in [0.15, 0.2) is 0 Å². The molecule has 57 heavy (non-hydrogen) atoms. The molecule has 292 valence electrons. The van der Waals surface area contributed by atoms with Crippen LogP contribution in [0.1, 0.15) is 18.4 Å². The van der Waals surface area contributed by atoms with Crippen LogP contribution in [0.2, 0.25) is 0 Å². The largest absolute Gasteiger partial charge is 0.460 e. The number of ether oxygens (including phenoxy) is 2. The second-order valence-corrected chi connectivity index (χ2v) is 19.1. The van der Waals surface area contributed by atoms with Crippen LogP contribution >= 0.6 is 23.0 Å². The third-order valence-corrected chi connectivity index (χ3v) is 16.5. The molecule has 6 aromatic carbocycles. The van der Waals surface area contributed by atoms with Gasteiger partial charge in [-0.1, -0.05) is 123 Å². The lowest BCUT2D eigenvalue weighted by Gasteiger charge is -2.33. The van der Waals surface area contributed by atoms with Crippen molar-refractivity contribution >= 4 is 23.0 Å². The van der Waals surface area contributed by atoms with Gasteiger partial charge in [0.2, 0.25) is 0 Å². The summed E-state index contributed by atoms with van der Waals surface area (Å²) in [6, 6.07) is 54.2. The second-order valence-electron chi connectivity index (χ2n) is 12.9. The number of benzene rings is 6. The zero-order chi connectivity index (χ0) is 38.6. The molecule has 14 heteroatoms. The van der Waals surface area contributed by atoms with E-state index in [1.54, 1.807) is 0 Å². The average molecular weight is 822 g/mol. The van der Waals surface area contributed by atoms with Gasteiger partial charge in [0.25, 0.3) is 0 Å². The first-order valence-corrected chi connectivity index (χ1v) is 23.3. The maximum absolute atomic E-state index is 7.14. The van der Waals surface area contributed by atoms with Crippen molar-refractivity contribution in [3.8, 4) is 34.5 Å². The molecule has 0 bridgehead atoms. The van der Waals surface area contributed by atoms with E-state index in [1.165, 1.54) is 0 Å². The Morgan fingerprint density at radius 2 is 0.789 bits per heavy atom. The van der Waals surface area contributed by atoms with Crippen LogP contribution in [-0.2, 0) is 15.9 Å². The van der Waals surface area contributed by atoms with Gasteiger partial charge in [-0.25, -0.2) is 0 Å². The van der Waals surface area contributed by atoms with Crippen molar-refractivity contribution in [2.45, 2.75) is 25.4 Å². The molecule has 0 spiro atoms. The first-order valence-electron chi connectivity index (χ1n) is 18.7. The fourth-order valence-electron chi connectivity index (χ4n) is 5.68. The van der Waals surface area contributed by atoms with E-state index in [2.05, 4.69) is 0 Å². The first-order chi connectivity index (χ1) is 28.1. The van der Waals surface area contributed by atoms with Crippen LogP contribution in [0, 0.1) is 0 Å². The lowest BCUT2D eigenvalue weighted by molar-refractivity contribution is 0.113. The van der Waals surface area contributed by atoms with Crippen molar-refractivity contribution in [1.29, 1.82) is 0 Å². The number of hydrogen-bond acceptors (Lipinski definition) is 11. The summed E-state index contributed by atoms with van der Waals surface area (Å²) in [6.07, 6.45) is 2.66. The van der Waals surface area contributed by atoms with Crippen molar-refractivity contribution in [1.82, 2.24) is 0 Å². The molecule has 2 unspecified atom stereocenters. The van der Waals surface area contributed by atoms with Crippen LogP contribution in [-0.4, -0.2) is 25.9 Å². The zero-order valence-electron chi connectivity index (χ0n) is 31.0. The summed E-state index contributed by atoms with van der Waals surface area (Å²) in [6.45, 7) is 2.04. The van der Waals surface area contributed by atoms with E-state index in [9.17, 15) is 0 Å². The molecule has 0 amide bonds. The van der Waals surface area contributed by atoms with E-state index < -0.39 is 23.0 Å². The Labute approximate surface area is 333 Å². The quantitative estimate of drug-likeness (QED) is 0.0451. The number of rotatable bonds is 19. The molecule has 6 aromatic rings. The van der Waals surface area contributed by atoms with Crippen molar-refractivity contribution < 1.29 is 36.6 Å². The molecule has 2 heterocycles. The summed E-state index contributed by atoms with van der Waals surface area (Å²) in [4.78, 5) is 0. The third kappa shape index (κ3) is 10.8. The van der Waals surface area contributed by atoms with Crippen LogP contribution in [0.3, 0.4) is 0 Å². The molecule has 0 radical (unpaired) electrons. The van der Waals surface area contributed by atoms with Crippen molar-refractivity contribution in [3.05, 3.63) is 181 Å². The number of unbranched alkanes of at least 4 members (excludes halogenated alkanes) is 1. The Hall–Kier alpha value is -5.27. The van der Waals surface area contributed by atoms with E-state index >= 15 is 0 Å². The molecule has 0 saturated carbocycles. The Kier molecular flexibility index (Phi) is 12.4. The predicted octanol–water partition coefficient (Wildman–Crippen LogP) is 13.1. The van der Waals surface area contributed by atoms with Crippen LogP contribution in [0.4, 0.5) is 0 Å². The maximum Gasteiger partial charge on any atom is 0.460 e. The van der Waals surface area contributed by atoms with E-state index in [-0.39, 0.29) is 6.10 Å². The van der Waals surface area contributed by atoms with E-state index in [0.29, 0.717) is 54.1 Å². The molecule has 1 fully saturated rings. The highest BCUT2D eigenvalue weighted by molar-refractivity contribution is 7.79. The van der Waals surface area contributed by atoms with Gasteiger partial charge < -0.3 is 36.6 Å². The molecule has 11 nitrogen and oxygen atoms in total. The molecule has 0 aliphatic carbocycles. The summed E-state index contributed by atoms with van der Waals surface area (Å²) in [5.74, 6) is 2.84. The molecular formula is C43H42N3O8P3. The average Bonchev–Trinajstić information content (AvgIpc) is 4.06. The van der Waals surface area contributed by atoms with E-state index in [4.69, 9.17) is 50.2 Å². The highest BCUT2D eigenvalue weighted by Gasteiger charge is 2.49. The Morgan fingerprint density at radius 1 is 0.439 bits per heavy atom. The van der Waals surface area contributed by atoms with Crippen LogP contribution in [0.5, 0.6) is 34.5 Å². The lowest BCUT2D eigenvalue weighted by atomic mass is 10.1. The van der Waals surface area contributed by atoms with Crippen molar-refractivity contribution in [2.24, 2.45) is 13.5 Å². The van der Waals surface area contributed by atoms with Crippen molar-refractivity contribution in [2.75, 3.05) is 19.8 Å². The highest BCUT2D eigenvalue weighted by atomic mass is 31.3. The molecule has 1 saturated heterocycles. The fraction of sp³-hybridized carbons (Fsp3) is 0.163. The minimum atomic E-state index is -3.99. The normalized spacial score (nSPS) is 18.7. The van der Waals surface area contributed by atoms with Gasteiger partial charge in [-0.15, -0.1) is 0 Å². The fourth-order valence-corrected chi connectivity index (χ4v) is 14.8. The molecular weight excluding hydrogens is 779 g/mol. The molecule has 2 aliphatic heterocycles. The predicted molar refractivity (Wildman–Crippen MR) is 224 cm³/mol. The molecule has 8 rings (SSSR count). The molecule has 2 aliphatic rings. The smallest absolute Gasteiger partial charge is 0.413 e. The highest BCUT2D eigenvalue weighted by Crippen LogP contribution is 2.78. The van der Waals surface area contributed by atoms with Gasteiger partial charge in [-0.3, -0.25) is 0 Å². The Bertz CT molecular complexity index is 2190. The Morgan fingerprint density at radius 3 is 1.18 bits per heavy atom. The summed E-state index contributed by atoms with van der Waals surface area (Å²) in [5.41, 5.74) is 0.945. The summed E-state index contributed by atoms with van der Waals surface area (Å²) >= 11 is 0. The zero-order valence-corrected chi connectivity index (χ0v) is 33.7. The molecule has 0 N–H and O–H groups in total. The summed E-state index contributed by atoms with van der Waals surface area (Å²) in [7, 11) is -11.9. The van der Waals surface area contributed by atoms with Crippen LogP contribution in [0.25, 0.3) is 0 Å². The lowest BCUT2D eigenvalue weighted by Crippen LogP contribution is -2.11. The first kappa shape index (κ1) is 38.6. The van der Waals surface area contributed by atoms with Gasteiger partial charge in [0.05, 0.1) is 13.2 Å². The minimum Gasteiger partial charge on any atom is -0.413 e. The van der Waals surface area contributed by atoms with Gasteiger partial charge >= 0.3 is 23.0 Å². The number of hydrogen-bond donors (Lipinski definition) is 0. The van der Waals surface area contributed by atoms with Crippen LogP contribution in [0.15, 0.2) is 189 Å². The maximum atomic E-state index is 7.14. The van der Waals surface area contributed by atoms with E-state index in [0.717, 1.165) is 25.0 Å². The third-order valence-electron chi connectivity index (χ3n) is 8.40. The minimum absolute atomic E-state index is 0.233. The Balaban J connectivity index is 1.33. The standard InChI is InChI=1S/C43H42N3O8P3/c1-6-22-37(23-7-1)49-55(50-38-24-8-2-9-25-38)44-56(51-39-26-10-3-11-27-39,52-40-28-12-4-13-29-40)46-57(45-55,53-41-30-14-5-15-31-41)54-43-32-17-16-20-36(43)21-18-19-33-47-34-42-35-48-42/h1-17,20,22-32,42H,18-19,21,33-35H2. The summed E-state index contributed by atoms with van der Waals surface area (Å²) < 4.78 is 68.6. The number of aryl methyl sites for hydroxylation is 1. The van der Waals surface area contributed by atoms with Gasteiger partial charge in [0, 0.05) is 6.61 Å². The van der Waals surface area contributed by atoms with Gasteiger partial charge in [-0.05, 0) is 91.6 Å². The number of epoxide rings is 1. The van der Waals surface area contributed by atoms with Gasteiger partial charge in [-0.2, -0.15) is 0 Å². The molecule has 2 atom stereocenters. The van der Waals surface area contributed by atoms with Crippen molar-refractivity contribution in [3.63, 3.8) is 0 Å². The van der Waals surface area contributed by atoms with Gasteiger partial charge in [0.1, 0.15) is 40.6 Å². The van der Waals surface area contributed by atoms with E-state index in [1.807, 2.05) is 176 Å². The number of nitrogens with zero attached hydrogens (tertiary/aromatic N) is 3. The SMILES string of the molecule is c1ccc(OP2(Oc3ccccc3)=NP(Oc3ccccc3)(Oc3ccccc3)=NP(Oc3ccccc3)(Oc3ccccc3CCCCOCC3CO3)=N2)cc1. The second kappa shape index (κ2) is 18.3.